The second-order valence-electron chi connectivity index (χ2n) is 4.27. The number of benzene rings is 1. The topological polar surface area (TPSA) is 29.1 Å². The van der Waals surface area contributed by atoms with E-state index in [1.54, 1.807) is 19.1 Å². The summed E-state index contributed by atoms with van der Waals surface area (Å²) in [5.74, 6) is 0.317. The molecule has 0 saturated heterocycles. The first kappa shape index (κ1) is 10.1. The number of hydrogen-bond acceptors (Lipinski definition) is 1. The van der Waals surface area contributed by atoms with Crippen LogP contribution >= 0.6 is 0 Å². The van der Waals surface area contributed by atoms with Crippen LogP contribution in [0.1, 0.15) is 18.9 Å². The van der Waals surface area contributed by atoms with Gasteiger partial charge in [-0.1, -0.05) is 13.0 Å². The van der Waals surface area contributed by atoms with Gasteiger partial charge < -0.3 is 5.32 Å². The first-order chi connectivity index (χ1) is 7.08. The van der Waals surface area contributed by atoms with Crippen LogP contribution in [0.3, 0.4) is 0 Å². The first-order valence-corrected chi connectivity index (χ1v) is 5.15. The molecule has 0 unspecified atom stereocenters. The quantitative estimate of drug-likeness (QED) is 0.793. The molecule has 15 heavy (non-hydrogen) atoms. The van der Waals surface area contributed by atoms with Gasteiger partial charge in [0.15, 0.2) is 0 Å². The molecule has 0 heterocycles. The number of hydrogen-bond donors (Lipinski definition) is 1. The Balaban J connectivity index is 2.04. The largest absolute Gasteiger partial charge is 0.326 e. The van der Waals surface area contributed by atoms with Gasteiger partial charge in [0.2, 0.25) is 5.91 Å². The number of anilines is 1. The maximum Gasteiger partial charge on any atom is 0.227 e. The van der Waals surface area contributed by atoms with Crippen LogP contribution in [-0.4, -0.2) is 5.91 Å². The Bertz CT molecular complexity index is 403. The second kappa shape index (κ2) is 3.65. The molecule has 80 valence electrons. The molecule has 1 fully saturated rings. The van der Waals surface area contributed by atoms with Crippen molar-refractivity contribution in [3.8, 4) is 0 Å². The predicted molar refractivity (Wildman–Crippen MR) is 57.0 cm³/mol. The smallest absolute Gasteiger partial charge is 0.227 e. The van der Waals surface area contributed by atoms with Crippen molar-refractivity contribution in [2.24, 2.45) is 11.8 Å². The van der Waals surface area contributed by atoms with E-state index in [-0.39, 0.29) is 17.6 Å². The minimum absolute atomic E-state index is 0.00533. The third kappa shape index (κ3) is 2.17. The number of amides is 1. The van der Waals surface area contributed by atoms with Gasteiger partial charge in [0.1, 0.15) is 5.82 Å². The Labute approximate surface area is 88.5 Å². The Morgan fingerprint density at radius 2 is 2.20 bits per heavy atom. The van der Waals surface area contributed by atoms with Gasteiger partial charge in [0.05, 0.1) is 0 Å². The lowest BCUT2D eigenvalue weighted by atomic mass is 10.2. The number of carbonyl (C=O) groups is 1. The highest BCUT2D eigenvalue weighted by Gasteiger charge is 2.39. The molecule has 2 rings (SSSR count). The van der Waals surface area contributed by atoms with E-state index in [2.05, 4.69) is 5.32 Å². The van der Waals surface area contributed by atoms with Crippen molar-refractivity contribution in [1.82, 2.24) is 0 Å². The van der Waals surface area contributed by atoms with Crippen LogP contribution < -0.4 is 5.32 Å². The fraction of sp³-hybridized carbons (Fsp3) is 0.417. The van der Waals surface area contributed by atoms with Crippen LogP contribution in [0, 0.1) is 24.6 Å². The van der Waals surface area contributed by atoms with Crippen LogP contribution in [0.2, 0.25) is 0 Å². The minimum atomic E-state index is -0.281. The summed E-state index contributed by atoms with van der Waals surface area (Å²) in [6, 6.07) is 4.75. The zero-order valence-electron chi connectivity index (χ0n) is 8.88. The van der Waals surface area contributed by atoms with E-state index in [9.17, 15) is 9.18 Å². The van der Waals surface area contributed by atoms with Crippen molar-refractivity contribution < 1.29 is 9.18 Å². The van der Waals surface area contributed by atoms with Crippen molar-refractivity contribution in [3.05, 3.63) is 29.6 Å². The zero-order chi connectivity index (χ0) is 11.0. The lowest BCUT2D eigenvalue weighted by molar-refractivity contribution is -0.117. The van der Waals surface area contributed by atoms with Crippen molar-refractivity contribution in [2.45, 2.75) is 20.3 Å². The molecule has 0 aliphatic heterocycles. The lowest BCUT2D eigenvalue weighted by Crippen LogP contribution is -2.14. The molecule has 1 amide bonds. The fourth-order valence-electron chi connectivity index (χ4n) is 1.59. The molecule has 1 aromatic rings. The molecule has 0 aromatic heterocycles. The van der Waals surface area contributed by atoms with Gasteiger partial charge in [-0.25, -0.2) is 4.39 Å². The van der Waals surface area contributed by atoms with Gasteiger partial charge >= 0.3 is 0 Å². The number of halogens is 1. The fourth-order valence-corrected chi connectivity index (χ4v) is 1.59. The summed E-state index contributed by atoms with van der Waals surface area (Å²) in [6.07, 6.45) is 0.945. The van der Waals surface area contributed by atoms with Crippen molar-refractivity contribution in [1.29, 1.82) is 0 Å². The highest BCUT2D eigenvalue weighted by atomic mass is 19.1. The number of nitrogens with one attached hydrogen (secondary N) is 1. The summed E-state index contributed by atoms with van der Waals surface area (Å²) in [5, 5.41) is 2.72. The summed E-state index contributed by atoms with van der Waals surface area (Å²) >= 11 is 0. The maximum absolute atomic E-state index is 13.2. The van der Waals surface area contributed by atoms with Crippen LogP contribution in [0.15, 0.2) is 18.2 Å². The standard InChI is InChI=1S/C12H14FNO/c1-7-3-4-9(6-11(7)13)14-12(15)10-5-8(10)2/h3-4,6,8,10H,5H2,1-2H3,(H,14,15)/t8-,10+/m0/s1. The molecular weight excluding hydrogens is 193 g/mol. The Kier molecular flexibility index (Phi) is 2.47. The van der Waals surface area contributed by atoms with Crippen LogP contribution in [0.5, 0.6) is 0 Å². The second-order valence-corrected chi connectivity index (χ2v) is 4.27. The van der Waals surface area contributed by atoms with Gasteiger partial charge in [-0.05, 0) is 37.0 Å². The van der Waals surface area contributed by atoms with Crippen LogP contribution in [0.4, 0.5) is 10.1 Å². The summed E-state index contributed by atoms with van der Waals surface area (Å²) in [6.45, 7) is 3.74. The average Bonchev–Trinajstić information content (AvgIpc) is 2.89. The van der Waals surface area contributed by atoms with E-state index in [1.807, 2.05) is 6.92 Å². The Hall–Kier alpha value is -1.38. The van der Waals surface area contributed by atoms with Crippen molar-refractivity contribution in [3.63, 3.8) is 0 Å². The summed E-state index contributed by atoms with van der Waals surface area (Å²) < 4.78 is 13.2. The first-order valence-electron chi connectivity index (χ1n) is 5.15. The number of carbonyl (C=O) groups excluding carboxylic acids is 1. The zero-order valence-corrected chi connectivity index (χ0v) is 8.88. The van der Waals surface area contributed by atoms with Crippen LogP contribution in [-0.2, 0) is 4.79 Å². The average molecular weight is 207 g/mol. The Morgan fingerprint density at radius 1 is 1.53 bits per heavy atom. The van der Waals surface area contributed by atoms with E-state index >= 15 is 0 Å². The summed E-state index contributed by atoms with van der Waals surface area (Å²) in [5.41, 5.74) is 1.13. The number of aryl methyl sites for hydroxylation is 1. The molecule has 1 aliphatic carbocycles. The summed E-state index contributed by atoms with van der Waals surface area (Å²) in [7, 11) is 0. The molecule has 1 saturated carbocycles. The lowest BCUT2D eigenvalue weighted by Gasteiger charge is -2.05. The monoisotopic (exact) mass is 207 g/mol. The third-order valence-corrected chi connectivity index (χ3v) is 2.89. The van der Waals surface area contributed by atoms with Crippen molar-refractivity contribution in [2.75, 3.05) is 5.32 Å². The SMILES string of the molecule is Cc1ccc(NC(=O)[C@@H]2C[C@@H]2C)cc1F. The summed E-state index contributed by atoms with van der Waals surface area (Å²) in [4.78, 5) is 11.5. The molecule has 1 aliphatic rings. The maximum atomic E-state index is 13.2. The normalized spacial score (nSPS) is 23.7. The van der Waals surface area contributed by atoms with Gasteiger partial charge in [-0.2, -0.15) is 0 Å². The highest BCUT2D eigenvalue weighted by Crippen LogP contribution is 2.38. The Morgan fingerprint density at radius 3 is 2.73 bits per heavy atom. The van der Waals surface area contributed by atoms with E-state index in [1.165, 1.54) is 6.07 Å². The van der Waals surface area contributed by atoms with E-state index in [4.69, 9.17) is 0 Å². The van der Waals surface area contributed by atoms with Gasteiger partial charge in [-0.3, -0.25) is 4.79 Å². The van der Waals surface area contributed by atoms with E-state index in [0.29, 0.717) is 17.2 Å². The van der Waals surface area contributed by atoms with Gasteiger partial charge in [0.25, 0.3) is 0 Å². The van der Waals surface area contributed by atoms with Crippen molar-refractivity contribution >= 4 is 11.6 Å². The van der Waals surface area contributed by atoms with E-state index < -0.39 is 0 Å². The van der Waals surface area contributed by atoms with Gasteiger partial charge in [-0.15, -0.1) is 0 Å². The van der Waals surface area contributed by atoms with Crippen LogP contribution in [0.25, 0.3) is 0 Å². The molecule has 1 aromatic carbocycles. The molecule has 0 bridgehead atoms. The highest BCUT2D eigenvalue weighted by molar-refractivity contribution is 5.94. The molecule has 2 atom stereocenters. The number of rotatable bonds is 2. The molecular formula is C12H14FNO. The molecule has 1 N–H and O–H groups in total. The minimum Gasteiger partial charge on any atom is -0.326 e. The third-order valence-electron chi connectivity index (χ3n) is 2.89. The predicted octanol–water partition coefficient (Wildman–Crippen LogP) is 2.73. The molecule has 2 nitrogen and oxygen atoms in total. The molecule has 3 heteroatoms. The molecule has 0 spiro atoms. The van der Waals surface area contributed by atoms with Gasteiger partial charge in [0, 0.05) is 11.6 Å². The molecule has 0 radical (unpaired) electrons. The van der Waals surface area contributed by atoms with E-state index in [0.717, 1.165) is 6.42 Å².